The number of carbonyl (C=O) groups excluding carboxylic acids is 2. The van der Waals surface area contributed by atoms with Gasteiger partial charge in [-0.05, 0) is 48.0 Å². The minimum absolute atomic E-state index is 0.188. The largest absolute Gasteiger partial charge is 0.331 e. The van der Waals surface area contributed by atoms with Gasteiger partial charge < -0.3 is 9.88 Å². The van der Waals surface area contributed by atoms with E-state index in [2.05, 4.69) is 10.3 Å². The van der Waals surface area contributed by atoms with Crippen LogP contribution in [0.3, 0.4) is 0 Å². The molecular weight excluding hydrogens is 333 g/mol. The first-order valence-corrected chi connectivity index (χ1v) is 7.89. The zero-order valence-electron chi connectivity index (χ0n) is 14.0. The fourth-order valence-electron chi connectivity index (χ4n) is 2.35. The van der Waals surface area contributed by atoms with Crippen LogP contribution in [0.15, 0.2) is 67.0 Å². The van der Waals surface area contributed by atoms with Crippen LogP contribution in [0.5, 0.6) is 0 Å². The van der Waals surface area contributed by atoms with Crippen LogP contribution in [0.4, 0.5) is 10.1 Å². The molecule has 3 aromatic rings. The highest BCUT2D eigenvalue weighted by molar-refractivity contribution is 6.07. The molecule has 0 spiro atoms. The molecule has 0 saturated carbocycles. The highest BCUT2D eigenvalue weighted by Crippen LogP contribution is 2.13. The van der Waals surface area contributed by atoms with E-state index in [9.17, 15) is 14.0 Å². The van der Waals surface area contributed by atoms with Crippen LogP contribution in [-0.4, -0.2) is 21.2 Å². The lowest BCUT2D eigenvalue weighted by atomic mass is 10.1. The van der Waals surface area contributed by atoms with E-state index in [4.69, 9.17) is 0 Å². The number of rotatable bonds is 5. The number of benzene rings is 2. The Kier molecular flexibility index (Phi) is 5.03. The third-order valence-corrected chi connectivity index (χ3v) is 3.74. The lowest BCUT2D eigenvalue weighted by molar-refractivity contribution is -0.111. The fourth-order valence-corrected chi connectivity index (χ4v) is 2.35. The first-order chi connectivity index (χ1) is 12.5. The second-order valence-electron chi connectivity index (χ2n) is 5.64. The maximum Gasteiger partial charge on any atom is 0.248 e. The smallest absolute Gasteiger partial charge is 0.248 e. The number of hydrogen-bond acceptors (Lipinski definition) is 3. The maximum absolute atomic E-state index is 12.8. The van der Waals surface area contributed by atoms with E-state index >= 15 is 0 Å². The van der Waals surface area contributed by atoms with Crippen LogP contribution < -0.4 is 5.32 Å². The summed E-state index contributed by atoms with van der Waals surface area (Å²) in [6.45, 7) is 0. The zero-order chi connectivity index (χ0) is 18.5. The van der Waals surface area contributed by atoms with E-state index in [0.29, 0.717) is 17.1 Å². The first kappa shape index (κ1) is 17.3. The molecule has 1 aromatic heterocycles. The average molecular weight is 349 g/mol. The molecule has 0 radical (unpaired) electrons. The summed E-state index contributed by atoms with van der Waals surface area (Å²) in [7, 11) is 1.75. The van der Waals surface area contributed by atoms with Gasteiger partial charge in [-0.15, -0.1) is 0 Å². The molecular formula is C20H16FN3O2. The maximum atomic E-state index is 12.8. The molecule has 0 aliphatic carbocycles. The fraction of sp³-hybridized carbons (Fsp3) is 0.0500. The Balaban J connectivity index is 1.63. The van der Waals surface area contributed by atoms with E-state index < -0.39 is 0 Å². The summed E-state index contributed by atoms with van der Waals surface area (Å²) in [5, 5.41) is 2.70. The number of halogens is 1. The lowest BCUT2D eigenvalue weighted by Crippen LogP contribution is -2.10. The summed E-state index contributed by atoms with van der Waals surface area (Å²) >= 11 is 0. The third-order valence-electron chi connectivity index (χ3n) is 3.74. The Labute approximate surface area is 149 Å². The molecule has 0 saturated heterocycles. The predicted octanol–water partition coefficient (Wildman–Crippen LogP) is 3.44. The molecule has 0 atom stereocenters. The minimum Gasteiger partial charge on any atom is -0.331 e. The Morgan fingerprint density at radius 3 is 2.38 bits per heavy atom. The van der Waals surface area contributed by atoms with Crippen molar-refractivity contribution in [3.05, 3.63) is 89.8 Å². The molecule has 1 N–H and O–H groups in total. The zero-order valence-corrected chi connectivity index (χ0v) is 14.0. The molecule has 5 nitrogen and oxygen atoms in total. The molecule has 26 heavy (non-hydrogen) atoms. The summed E-state index contributed by atoms with van der Waals surface area (Å²) < 4.78 is 14.5. The summed E-state index contributed by atoms with van der Waals surface area (Å²) in [6, 6.07) is 12.4. The van der Waals surface area contributed by atoms with Crippen molar-refractivity contribution in [3.8, 4) is 0 Å². The standard InChI is InChI=1S/C20H16FN3O2/c1-24-13-12-22-20(24)19(26)15-5-9-17(10-6-15)23-18(25)11-4-14-2-7-16(21)8-3-14/h2-13H,1H3,(H,23,25)/b11-4+. The summed E-state index contributed by atoms with van der Waals surface area (Å²) in [4.78, 5) is 28.3. The summed E-state index contributed by atoms with van der Waals surface area (Å²) in [5.41, 5.74) is 1.77. The number of ketones is 1. The van der Waals surface area contributed by atoms with E-state index in [0.717, 1.165) is 5.56 Å². The van der Waals surface area contributed by atoms with Crippen molar-refractivity contribution in [1.29, 1.82) is 0 Å². The molecule has 0 bridgehead atoms. The Hall–Kier alpha value is -3.54. The molecule has 0 fully saturated rings. The van der Waals surface area contributed by atoms with Gasteiger partial charge in [0.2, 0.25) is 11.7 Å². The van der Waals surface area contributed by atoms with Crippen molar-refractivity contribution in [3.63, 3.8) is 0 Å². The van der Waals surface area contributed by atoms with E-state index in [1.54, 1.807) is 66.5 Å². The van der Waals surface area contributed by atoms with Gasteiger partial charge in [-0.25, -0.2) is 9.37 Å². The molecule has 1 amide bonds. The van der Waals surface area contributed by atoms with Crippen LogP contribution >= 0.6 is 0 Å². The molecule has 0 aliphatic rings. The van der Waals surface area contributed by atoms with Crippen molar-refractivity contribution in [2.75, 3.05) is 5.32 Å². The highest BCUT2D eigenvalue weighted by atomic mass is 19.1. The number of nitrogens with one attached hydrogen (secondary N) is 1. The van der Waals surface area contributed by atoms with Gasteiger partial charge in [-0.2, -0.15) is 0 Å². The molecule has 1 heterocycles. The predicted molar refractivity (Wildman–Crippen MR) is 97.1 cm³/mol. The molecule has 130 valence electrons. The number of carbonyl (C=O) groups is 2. The first-order valence-electron chi connectivity index (χ1n) is 7.89. The Bertz CT molecular complexity index is 957. The number of anilines is 1. The van der Waals surface area contributed by atoms with Crippen molar-refractivity contribution >= 4 is 23.5 Å². The molecule has 0 aliphatic heterocycles. The molecule has 2 aromatic carbocycles. The third kappa shape index (κ3) is 4.10. The van der Waals surface area contributed by atoms with Gasteiger partial charge in [0, 0.05) is 36.8 Å². The topological polar surface area (TPSA) is 64.0 Å². The monoisotopic (exact) mass is 349 g/mol. The van der Waals surface area contributed by atoms with Gasteiger partial charge in [-0.1, -0.05) is 12.1 Å². The lowest BCUT2D eigenvalue weighted by Gasteiger charge is -2.05. The van der Waals surface area contributed by atoms with Gasteiger partial charge in [0.25, 0.3) is 0 Å². The molecule has 0 unspecified atom stereocenters. The molecule has 6 heteroatoms. The second kappa shape index (κ2) is 7.57. The Morgan fingerprint density at radius 1 is 1.08 bits per heavy atom. The van der Waals surface area contributed by atoms with Crippen LogP contribution in [0.2, 0.25) is 0 Å². The Morgan fingerprint density at radius 2 is 1.77 bits per heavy atom. The number of aromatic nitrogens is 2. The minimum atomic E-state index is -0.327. The van der Waals surface area contributed by atoms with Crippen LogP contribution in [0.25, 0.3) is 6.08 Å². The van der Waals surface area contributed by atoms with Gasteiger partial charge in [0.1, 0.15) is 5.82 Å². The number of nitrogens with zero attached hydrogens (tertiary/aromatic N) is 2. The van der Waals surface area contributed by atoms with Crippen molar-refractivity contribution in [2.24, 2.45) is 7.05 Å². The number of amides is 1. The normalized spacial score (nSPS) is 10.8. The van der Waals surface area contributed by atoms with Crippen LogP contribution in [-0.2, 0) is 11.8 Å². The second-order valence-corrected chi connectivity index (χ2v) is 5.64. The number of imidazole rings is 1. The van der Waals surface area contributed by atoms with Crippen LogP contribution in [0.1, 0.15) is 21.7 Å². The van der Waals surface area contributed by atoms with Crippen molar-refractivity contribution < 1.29 is 14.0 Å². The van der Waals surface area contributed by atoms with Crippen LogP contribution in [0, 0.1) is 5.82 Å². The van der Waals surface area contributed by atoms with Crippen molar-refractivity contribution in [2.45, 2.75) is 0 Å². The molecule has 3 rings (SSSR count). The highest BCUT2D eigenvalue weighted by Gasteiger charge is 2.13. The SMILES string of the molecule is Cn1ccnc1C(=O)c1ccc(NC(=O)/C=C/c2ccc(F)cc2)cc1. The van der Waals surface area contributed by atoms with E-state index in [1.165, 1.54) is 18.2 Å². The number of hydrogen-bond donors (Lipinski definition) is 1. The van der Waals surface area contributed by atoms with Gasteiger partial charge in [-0.3, -0.25) is 9.59 Å². The average Bonchev–Trinajstić information content (AvgIpc) is 3.07. The summed E-state index contributed by atoms with van der Waals surface area (Å²) in [5.74, 6) is -0.486. The van der Waals surface area contributed by atoms with Gasteiger partial charge in [0.15, 0.2) is 5.82 Å². The summed E-state index contributed by atoms with van der Waals surface area (Å²) in [6.07, 6.45) is 6.22. The van der Waals surface area contributed by atoms with Crippen molar-refractivity contribution in [1.82, 2.24) is 9.55 Å². The van der Waals surface area contributed by atoms with Gasteiger partial charge in [0.05, 0.1) is 0 Å². The van der Waals surface area contributed by atoms with E-state index in [-0.39, 0.29) is 17.5 Å². The quantitative estimate of drug-likeness (QED) is 0.567. The van der Waals surface area contributed by atoms with Gasteiger partial charge >= 0.3 is 0 Å². The number of aryl methyl sites for hydroxylation is 1. The van der Waals surface area contributed by atoms with E-state index in [1.807, 2.05) is 0 Å².